The lowest BCUT2D eigenvalue weighted by molar-refractivity contribution is -0.132. The number of urea groups is 1. The van der Waals surface area contributed by atoms with Gasteiger partial charge in [-0.1, -0.05) is 0 Å². The fourth-order valence-electron chi connectivity index (χ4n) is 5.01. The van der Waals surface area contributed by atoms with Crippen LogP contribution in [0.3, 0.4) is 0 Å². The molecule has 10 nitrogen and oxygen atoms in total. The lowest BCUT2D eigenvalue weighted by Crippen LogP contribution is -2.54. The molecular formula is C26H33N7O3. The standard InChI is InChI=1S/C26H33N7O3/c27-20-1-3-21(4-2-20)31-15-17-32(18-16-31)25(35)19-29-11-13-30(14-12-29)22-5-7-23(8-6-22)33-10-9-24(34)28-26(33)36/h1-8H,9-19,27H2,(H,28,34,36). The van der Waals surface area contributed by atoms with Crippen LogP contribution in [-0.2, 0) is 9.59 Å². The molecule has 3 aliphatic heterocycles. The molecule has 3 aliphatic rings. The van der Waals surface area contributed by atoms with Crippen LogP contribution >= 0.6 is 0 Å². The van der Waals surface area contributed by atoms with E-state index in [1.54, 1.807) is 4.90 Å². The summed E-state index contributed by atoms with van der Waals surface area (Å²) in [4.78, 5) is 46.7. The van der Waals surface area contributed by atoms with Crippen LogP contribution in [0.25, 0.3) is 0 Å². The molecule has 190 valence electrons. The smallest absolute Gasteiger partial charge is 0.328 e. The SMILES string of the molecule is Nc1ccc(N2CCN(C(=O)CN3CCN(c4ccc(N5CCC(=O)NC5=O)cc4)CC3)CC2)cc1. The minimum absolute atomic E-state index is 0.197. The Morgan fingerprint density at radius 1 is 0.722 bits per heavy atom. The van der Waals surface area contributed by atoms with Crippen molar-refractivity contribution in [1.82, 2.24) is 15.1 Å². The third kappa shape index (κ3) is 5.38. The zero-order chi connectivity index (χ0) is 25.1. The van der Waals surface area contributed by atoms with Gasteiger partial charge in [-0.2, -0.15) is 0 Å². The summed E-state index contributed by atoms with van der Waals surface area (Å²) in [6.45, 7) is 7.32. The maximum absolute atomic E-state index is 12.9. The van der Waals surface area contributed by atoms with Crippen molar-refractivity contribution < 1.29 is 14.4 Å². The Balaban J connectivity index is 1.07. The highest BCUT2D eigenvalue weighted by Gasteiger charge is 2.26. The van der Waals surface area contributed by atoms with Crippen molar-refractivity contribution in [2.45, 2.75) is 6.42 Å². The number of nitrogen functional groups attached to an aromatic ring is 1. The van der Waals surface area contributed by atoms with Gasteiger partial charge in [-0.25, -0.2) is 4.79 Å². The van der Waals surface area contributed by atoms with Crippen LogP contribution in [0.2, 0.25) is 0 Å². The molecular weight excluding hydrogens is 458 g/mol. The molecule has 3 saturated heterocycles. The monoisotopic (exact) mass is 491 g/mol. The van der Waals surface area contributed by atoms with E-state index in [1.165, 1.54) is 0 Å². The second-order valence-corrected chi connectivity index (χ2v) is 9.49. The van der Waals surface area contributed by atoms with Crippen LogP contribution in [-0.4, -0.2) is 93.1 Å². The summed E-state index contributed by atoms with van der Waals surface area (Å²) in [7, 11) is 0. The van der Waals surface area contributed by atoms with Gasteiger partial charge in [0.15, 0.2) is 0 Å². The van der Waals surface area contributed by atoms with Gasteiger partial charge in [0, 0.05) is 88.1 Å². The molecule has 3 fully saturated rings. The van der Waals surface area contributed by atoms with E-state index in [2.05, 4.69) is 20.0 Å². The molecule has 2 aromatic carbocycles. The largest absolute Gasteiger partial charge is 0.399 e. The minimum Gasteiger partial charge on any atom is -0.399 e. The highest BCUT2D eigenvalue weighted by atomic mass is 16.2. The van der Waals surface area contributed by atoms with Gasteiger partial charge in [0.1, 0.15) is 0 Å². The molecule has 36 heavy (non-hydrogen) atoms. The summed E-state index contributed by atoms with van der Waals surface area (Å²) in [5.41, 5.74) is 9.57. The van der Waals surface area contributed by atoms with Crippen molar-refractivity contribution in [1.29, 1.82) is 0 Å². The maximum Gasteiger partial charge on any atom is 0.328 e. The van der Waals surface area contributed by atoms with Crippen molar-refractivity contribution in [3.63, 3.8) is 0 Å². The van der Waals surface area contributed by atoms with Crippen molar-refractivity contribution in [2.24, 2.45) is 0 Å². The second-order valence-electron chi connectivity index (χ2n) is 9.49. The summed E-state index contributed by atoms with van der Waals surface area (Å²) in [5, 5.41) is 2.36. The Kier molecular flexibility index (Phi) is 6.95. The highest BCUT2D eigenvalue weighted by Crippen LogP contribution is 2.23. The van der Waals surface area contributed by atoms with Crippen LogP contribution in [0, 0.1) is 0 Å². The Morgan fingerprint density at radius 3 is 1.83 bits per heavy atom. The van der Waals surface area contributed by atoms with Crippen LogP contribution in [0.4, 0.5) is 27.5 Å². The van der Waals surface area contributed by atoms with Gasteiger partial charge >= 0.3 is 6.03 Å². The first kappa shape index (κ1) is 23.9. The first-order valence-corrected chi connectivity index (χ1v) is 12.5. The number of hydrogen-bond acceptors (Lipinski definition) is 7. The molecule has 0 aromatic heterocycles. The number of carbonyl (C=O) groups is 3. The summed E-state index contributed by atoms with van der Waals surface area (Å²) in [6, 6.07) is 15.4. The Hall–Kier alpha value is -3.79. The number of anilines is 4. The molecule has 3 heterocycles. The predicted molar refractivity (Wildman–Crippen MR) is 140 cm³/mol. The van der Waals surface area contributed by atoms with Gasteiger partial charge in [-0.3, -0.25) is 24.7 Å². The molecule has 5 rings (SSSR count). The van der Waals surface area contributed by atoms with Gasteiger partial charge in [0.05, 0.1) is 6.54 Å². The fourth-order valence-corrected chi connectivity index (χ4v) is 5.01. The highest BCUT2D eigenvalue weighted by molar-refractivity contribution is 6.05. The quantitative estimate of drug-likeness (QED) is 0.606. The van der Waals surface area contributed by atoms with E-state index in [4.69, 9.17) is 5.73 Å². The van der Waals surface area contributed by atoms with E-state index in [0.29, 0.717) is 19.5 Å². The molecule has 0 bridgehead atoms. The van der Waals surface area contributed by atoms with Gasteiger partial charge in [0.25, 0.3) is 0 Å². The number of nitrogens with one attached hydrogen (secondary N) is 1. The fraction of sp³-hybridized carbons (Fsp3) is 0.423. The topological polar surface area (TPSA) is 105 Å². The third-order valence-corrected chi connectivity index (χ3v) is 7.20. The number of hydrogen-bond donors (Lipinski definition) is 2. The van der Waals surface area contributed by atoms with Crippen LogP contribution in [0.5, 0.6) is 0 Å². The molecule has 0 aliphatic carbocycles. The number of amides is 4. The zero-order valence-corrected chi connectivity index (χ0v) is 20.4. The second kappa shape index (κ2) is 10.4. The van der Waals surface area contributed by atoms with E-state index >= 15 is 0 Å². The third-order valence-electron chi connectivity index (χ3n) is 7.20. The van der Waals surface area contributed by atoms with Gasteiger partial charge in [-0.15, -0.1) is 0 Å². The summed E-state index contributed by atoms with van der Waals surface area (Å²) in [5.74, 6) is -0.0345. The first-order chi connectivity index (χ1) is 17.5. The molecule has 0 atom stereocenters. The van der Waals surface area contributed by atoms with Crippen molar-refractivity contribution >= 4 is 40.6 Å². The molecule has 3 N–H and O–H groups in total. The van der Waals surface area contributed by atoms with E-state index in [0.717, 1.165) is 75.1 Å². The number of nitrogens with zero attached hydrogens (tertiary/aromatic N) is 5. The number of piperazine rings is 2. The van der Waals surface area contributed by atoms with E-state index in [-0.39, 0.29) is 17.8 Å². The zero-order valence-electron chi connectivity index (χ0n) is 20.4. The number of carbonyl (C=O) groups excluding carboxylic acids is 3. The average Bonchev–Trinajstić information content (AvgIpc) is 2.90. The molecule has 0 saturated carbocycles. The lowest BCUT2D eigenvalue weighted by atomic mass is 10.2. The van der Waals surface area contributed by atoms with E-state index < -0.39 is 0 Å². The predicted octanol–water partition coefficient (Wildman–Crippen LogP) is 1.19. The number of nitrogens with two attached hydrogens (primary N) is 1. The first-order valence-electron chi connectivity index (χ1n) is 12.5. The molecule has 4 amide bonds. The minimum atomic E-state index is -0.371. The number of rotatable bonds is 5. The maximum atomic E-state index is 12.9. The Morgan fingerprint density at radius 2 is 1.25 bits per heavy atom. The van der Waals surface area contributed by atoms with Crippen molar-refractivity contribution in [3.8, 4) is 0 Å². The molecule has 2 aromatic rings. The molecule has 10 heteroatoms. The number of benzene rings is 2. The van der Waals surface area contributed by atoms with Crippen LogP contribution in [0.1, 0.15) is 6.42 Å². The van der Waals surface area contributed by atoms with Gasteiger partial charge in [0.2, 0.25) is 11.8 Å². The number of imide groups is 1. The average molecular weight is 492 g/mol. The Labute approximate surface area is 211 Å². The molecule has 0 radical (unpaired) electrons. The van der Waals surface area contributed by atoms with Gasteiger partial charge < -0.3 is 20.4 Å². The van der Waals surface area contributed by atoms with Crippen LogP contribution < -0.4 is 25.8 Å². The normalized spacial score (nSPS) is 19.4. The summed E-state index contributed by atoms with van der Waals surface area (Å²) >= 11 is 0. The van der Waals surface area contributed by atoms with Crippen molar-refractivity contribution in [3.05, 3.63) is 48.5 Å². The molecule has 0 spiro atoms. The van der Waals surface area contributed by atoms with Gasteiger partial charge in [-0.05, 0) is 48.5 Å². The lowest BCUT2D eigenvalue weighted by Gasteiger charge is -2.39. The van der Waals surface area contributed by atoms with Crippen LogP contribution in [0.15, 0.2) is 48.5 Å². The van der Waals surface area contributed by atoms with Crippen molar-refractivity contribution in [2.75, 3.05) is 85.9 Å². The summed E-state index contributed by atoms with van der Waals surface area (Å²) in [6.07, 6.45) is 0.312. The summed E-state index contributed by atoms with van der Waals surface area (Å²) < 4.78 is 0. The van der Waals surface area contributed by atoms with E-state index in [9.17, 15) is 14.4 Å². The molecule has 0 unspecified atom stereocenters. The Bertz CT molecular complexity index is 1090. The van der Waals surface area contributed by atoms with E-state index in [1.807, 2.05) is 53.4 Å².